The molecule has 1 aliphatic carbocycles. The maximum absolute atomic E-state index is 13.8. The summed E-state index contributed by atoms with van der Waals surface area (Å²) in [7, 11) is 0. The van der Waals surface area contributed by atoms with Crippen LogP contribution in [0.5, 0.6) is 0 Å². The molecule has 4 nitrogen and oxygen atoms in total. The summed E-state index contributed by atoms with van der Waals surface area (Å²) in [6, 6.07) is 21.5. The number of para-hydroxylation sites is 1. The second-order valence-electron chi connectivity index (χ2n) is 9.15. The van der Waals surface area contributed by atoms with Crippen molar-refractivity contribution < 1.29 is 4.79 Å². The van der Waals surface area contributed by atoms with E-state index in [9.17, 15) is 4.79 Å². The van der Waals surface area contributed by atoms with E-state index in [1.807, 2.05) is 30.3 Å². The third kappa shape index (κ3) is 2.85. The first-order valence-electron chi connectivity index (χ1n) is 11.2. The fraction of sp³-hybridized carbons (Fsp3) is 0.385. The van der Waals surface area contributed by atoms with Crippen LogP contribution in [0, 0.1) is 11.8 Å². The van der Waals surface area contributed by atoms with E-state index in [4.69, 9.17) is 0 Å². The van der Waals surface area contributed by atoms with E-state index < -0.39 is 0 Å². The van der Waals surface area contributed by atoms with E-state index in [0.717, 1.165) is 42.1 Å². The van der Waals surface area contributed by atoms with Gasteiger partial charge in [0.1, 0.15) is 0 Å². The van der Waals surface area contributed by atoms with Crippen LogP contribution in [0.1, 0.15) is 41.2 Å². The zero-order chi connectivity index (χ0) is 20.1. The van der Waals surface area contributed by atoms with Crippen molar-refractivity contribution >= 4 is 16.8 Å². The van der Waals surface area contributed by atoms with Crippen molar-refractivity contribution in [3.63, 3.8) is 0 Å². The van der Waals surface area contributed by atoms with Gasteiger partial charge in [-0.15, -0.1) is 0 Å². The molecule has 30 heavy (non-hydrogen) atoms. The van der Waals surface area contributed by atoms with Crippen LogP contribution in [-0.4, -0.2) is 46.4 Å². The molecule has 0 spiro atoms. The summed E-state index contributed by atoms with van der Waals surface area (Å²) in [4.78, 5) is 23.2. The van der Waals surface area contributed by atoms with Gasteiger partial charge in [-0.1, -0.05) is 55.0 Å². The highest BCUT2D eigenvalue weighted by Crippen LogP contribution is 2.47. The molecular weight excluding hydrogens is 370 g/mol. The van der Waals surface area contributed by atoms with Crippen molar-refractivity contribution in [3.8, 4) is 0 Å². The van der Waals surface area contributed by atoms with Crippen molar-refractivity contribution in [1.29, 1.82) is 0 Å². The van der Waals surface area contributed by atoms with Gasteiger partial charge in [0.05, 0.1) is 17.1 Å². The summed E-state index contributed by atoms with van der Waals surface area (Å²) in [5, 5.41) is 0.949. The largest absolute Gasteiger partial charge is 0.331 e. The highest BCUT2D eigenvalue weighted by molar-refractivity contribution is 6.06. The molecule has 0 radical (unpaired) electrons. The second kappa shape index (κ2) is 7.21. The molecule has 3 fully saturated rings. The predicted octanol–water partition coefficient (Wildman–Crippen LogP) is 4.53. The van der Waals surface area contributed by atoms with Crippen LogP contribution in [0.2, 0.25) is 0 Å². The number of carbonyl (C=O) groups excluding carboxylic acids is 1. The number of likely N-dealkylation sites (tertiary alicyclic amines) is 2. The van der Waals surface area contributed by atoms with Crippen molar-refractivity contribution in [2.45, 2.75) is 31.3 Å². The molecule has 1 amide bonds. The Morgan fingerprint density at radius 1 is 0.900 bits per heavy atom. The van der Waals surface area contributed by atoms with Gasteiger partial charge in [-0.05, 0) is 36.5 Å². The van der Waals surface area contributed by atoms with Crippen LogP contribution in [-0.2, 0) is 0 Å². The van der Waals surface area contributed by atoms with Crippen LogP contribution in [0.4, 0.5) is 0 Å². The molecule has 1 saturated carbocycles. The van der Waals surface area contributed by atoms with Crippen LogP contribution >= 0.6 is 0 Å². The zero-order valence-electron chi connectivity index (χ0n) is 17.2. The molecule has 4 heteroatoms. The van der Waals surface area contributed by atoms with Gasteiger partial charge >= 0.3 is 0 Å². The molecule has 3 aliphatic rings. The molecule has 1 aromatic heterocycles. The van der Waals surface area contributed by atoms with Crippen LogP contribution in [0.3, 0.4) is 0 Å². The Morgan fingerprint density at radius 2 is 1.70 bits per heavy atom. The molecular formula is C26H27N3O. The van der Waals surface area contributed by atoms with Crippen LogP contribution < -0.4 is 0 Å². The summed E-state index contributed by atoms with van der Waals surface area (Å²) >= 11 is 0. The average molecular weight is 398 g/mol. The highest BCUT2D eigenvalue weighted by atomic mass is 16.2. The van der Waals surface area contributed by atoms with E-state index in [1.54, 1.807) is 6.20 Å². The van der Waals surface area contributed by atoms with Gasteiger partial charge in [0.2, 0.25) is 0 Å². The van der Waals surface area contributed by atoms with Gasteiger partial charge in [-0.2, -0.15) is 0 Å². The van der Waals surface area contributed by atoms with E-state index in [2.05, 4.69) is 45.1 Å². The van der Waals surface area contributed by atoms with E-state index in [0.29, 0.717) is 11.8 Å². The molecule has 0 unspecified atom stereocenters. The quantitative estimate of drug-likeness (QED) is 0.651. The lowest BCUT2D eigenvalue weighted by molar-refractivity contribution is 0.0679. The Hall–Kier alpha value is -2.72. The topological polar surface area (TPSA) is 36.4 Å². The Morgan fingerprint density at radius 3 is 2.50 bits per heavy atom. The minimum absolute atomic E-state index is 0.145. The monoisotopic (exact) mass is 397 g/mol. The molecule has 3 aromatic rings. The van der Waals surface area contributed by atoms with Crippen molar-refractivity contribution in [1.82, 2.24) is 14.8 Å². The summed E-state index contributed by atoms with van der Waals surface area (Å²) in [5.41, 5.74) is 2.93. The molecule has 2 saturated heterocycles. The molecule has 152 valence electrons. The Kier molecular flexibility index (Phi) is 4.34. The normalized spacial score (nSPS) is 26.7. The minimum Gasteiger partial charge on any atom is -0.331 e. The molecule has 2 aromatic carbocycles. The van der Waals surface area contributed by atoms with E-state index in [-0.39, 0.29) is 11.9 Å². The maximum atomic E-state index is 13.8. The molecule has 6 rings (SSSR count). The minimum atomic E-state index is 0.145. The zero-order valence-corrected chi connectivity index (χ0v) is 17.2. The number of pyridine rings is 1. The number of amides is 1. The number of hydrogen-bond donors (Lipinski definition) is 0. The fourth-order valence-corrected chi connectivity index (χ4v) is 5.85. The summed E-state index contributed by atoms with van der Waals surface area (Å²) in [6.45, 7) is 3.11. The average Bonchev–Trinajstić information content (AvgIpc) is 3.30. The highest BCUT2D eigenvalue weighted by Gasteiger charge is 2.50. The molecule has 0 N–H and O–H groups in total. The summed E-state index contributed by atoms with van der Waals surface area (Å²) in [6.07, 6.45) is 5.84. The number of nitrogens with zero attached hydrogens (tertiary/aromatic N) is 3. The number of fused-ring (bicyclic) bond motifs is 2. The van der Waals surface area contributed by atoms with Gasteiger partial charge in [-0.25, -0.2) is 0 Å². The molecule has 2 aliphatic heterocycles. The van der Waals surface area contributed by atoms with Gasteiger partial charge in [0.15, 0.2) is 0 Å². The van der Waals surface area contributed by atoms with Gasteiger partial charge in [-0.3, -0.25) is 14.7 Å². The van der Waals surface area contributed by atoms with Crippen LogP contribution in [0.15, 0.2) is 66.9 Å². The van der Waals surface area contributed by atoms with Crippen molar-refractivity contribution in [3.05, 3.63) is 78.0 Å². The lowest BCUT2D eigenvalue weighted by Gasteiger charge is -2.37. The fourth-order valence-electron chi connectivity index (χ4n) is 5.85. The Labute approximate surface area is 177 Å². The van der Waals surface area contributed by atoms with Gasteiger partial charge in [0, 0.05) is 43.2 Å². The number of hydrogen-bond acceptors (Lipinski definition) is 3. The molecule has 3 heterocycles. The second-order valence-corrected chi connectivity index (χ2v) is 9.15. The summed E-state index contributed by atoms with van der Waals surface area (Å²) < 4.78 is 0. The first kappa shape index (κ1) is 18.1. The standard InChI is InChI=1S/C26H27N3O/c30-26(22-13-14-27-24-12-5-4-11-21(22)24)29-16-19-15-28(20-9-6-10-20)17-23(19)25(29)18-7-2-1-3-8-18/h1-5,7-8,11-14,19-20,23,25H,6,9-10,15-17H2/t19-,23-,25-/m0/s1. The summed E-state index contributed by atoms with van der Waals surface area (Å²) in [5.74, 6) is 1.23. The van der Waals surface area contributed by atoms with Gasteiger partial charge in [0.25, 0.3) is 5.91 Å². The number of carbonyl (C=O) groups is 1. The van der Waals surface area contributed by atoms with Crippen molar-refractivity contribution in [2.75, 3.05) is 19.6 Å². The predicted molar refractivity (Wildman–Crippen MR) is 118 cm³/mol. The number of rotatable bonds is 3. The lowest BCUT2D eigenvalue weighted by atomic mass is 9.89. The SMILES string of the molecule is O=C(c1ccnc2ccccc12)N1C[C@@H]2CN(C3CCC3)C[C@@H]2[C@@H]1c1ccccc1. The van der Waals surface area contributed by atoms with Gasteiger partial charge < -0.3 is 4.90 Å². The number of benzene rings is 2. The van der Waals surface area contributed by atoms with E-state index in [1.165, 1.54) is 24.8 Å². The first-order valence-corrected chi connectivity index (χ1v) is 11.2. The third-order valence-corrected chi connectivity index (χ3v) is 7.56. The molecule has 0 bridgehead atoms. The third-order valence-electron chi connectivity index (χ3n) is 7.56. The van der Waals surface area contributed by atoms with E-state index >= 15 is 0 Å². The Bertz CT molecular complexity index is 1070. The number of aromatic nitrogens is 1. The molecule has 3 atom stereocenters. The van der Waals surface area contributed by atoms with Crippen LogP contribution in [0.25, 0.3) is 10.9 Å². The maximum Gasteiger partial charge on any atom is 0.255 e. The Balaban J connectivity index is 1.37. The van der Waals surface area contributed by atoms with Crippen molar-refractivity contribution in [2.24, 2.45) is 11.8 Å². The first-order chi connectivity index (χ1) is 14.8. The lowest BCUT2D eigenvalue weighted by Crippen LogP contribution is -2.42. The smallest absolute Gasteiger partial charge is 0.255 e.